The number of carbonyl (C=O) groups is 1. The Labute approximate surface area is 100 Å². The molecule has 1 unspecified atom stereocenters. The van der Waals surface area contributed by atoms with Crippen LogP contribution in [-0.2, 0) is 4.79 Å². The van der Waals surface area contributed by atoms with Crippen molar-refractivity contribution in [2.45, 2.75) is 17.9 Å². The molecule has 1 heterocycles. The SMILES string of the molecule is CC(c1ccc2c(c1)NC(=O)CS2)N(C)C. The molecule has 0 spiro atoms. The van der Waals surface area contributed by atoms with Gasteiger partial charge >= 0.3 is 0 Å². The molecule has 2 rings (SSSR count). The Bertz CT molecular complexity index is 417. The van der Waals surface area contributed by atoms with Crippen LogP contribution in [0.2, 0.25) is 0 Å². The maximum absolute atomic E-state index is 11.3. The van der Waals surface area contributed by atoms with Crippen molar-refractivity contribution in [3.8, 4) is 0 Å². The zero-order valence-electron chi connectivity index (χ0n) is 9.78. The predicted octanol–water partition coefficient (Wildman–Crippen LogP) is 2.35. The Morgan fingerprint density at radius 2 is 2.19 bits per heavy atom. The number of amides is 1. The summed E-state index contributed by atoms with van der Waals surface area (Å²) >= 11 is 1.60. The lowest BCUT2D eigenvalue weighted by Crippen LogP contribution is -2.20. The van der Waals surface area contributed by atoms with Gasteiger partial charge in [0.15, 0.2) is 0 Å². The quantitative estimate of drug-likeness (QED) is 0.855. The molecule has 1 aliphatic rings. The summed E-state index contributed by atoms with van der Waals surface area (Å²) in [6, 6.07) is 6.65. The van der Waals surface area contributed by atoms with Crippen molar-refractivity contribution in [3.63, 3.8) is 0 Å². The Hall–Kier alpha value is -1.000. The summed E-state index contributed by atoms with van der Waals surface area (Å²) in [5, 5.41) is 2.92. The van der Waals surface area contributed by atoms with Gasteiger partial charge in [0, 0.05) is 10.9 Å². The molecule has 1 amide bonds. The van der Waals surface area contributed by atoms with Gasteiger partial charge in [0.2, 0.25) is 5.91 Å². The Kier molecular flexibility index (Phi) is 3.21. The van der Waals surface area contributed by atoms with Crippen LogP contribution >= 0.6 is 11.8 Å². The molecule has 1 aromatic rings. The zero-order valence-corrected chi connectivity index (χ0v) is 10.6. The molecule has 3 nitrogen and oxygen atoms in total. The first-order valence-electron chi connectivity index (χ1n) is 5.31. The Balaban J connectivity index is 2.31. The van der Waals surface area contributed by atoms with Crippen LogP contribution in [-0.4, -0.2) is 30.7 Å². The van der Waals surface area contributed by atoms with Crippen molar-refractivity contribution < 1.29 is 4.79 Å². The number of benzene rings is 1. The van der Waals surface area contributed by atoms with E-state index in [0.717, 1.165) is 10.6 Å². The van der Waals surface area contributed by atoms with E-state index in [2.05, 4.69) is 49.4 Å². The van der Waals surface area contributed by atoms with Gasteiger partial charge < -0.3 is 10.2 Å². The van der Waals surface area contributed by atoms with E-state index in [9.17, 15) is 4.79 Å². The first-order valence-corrected chi connectivity index (χ1v) is 6.29. The van der Waals surface area contributed by atoms with E-state index >= 15 is 0 Å². The fourth-order valence-corrected chi connectivity index (χ4v) is 2.45. The third-order valence-corrected chi connectivity index (χ3v) is 3.97. The minimum Gasteiger partial charge on any atom is -0.324 e. The second-order valence-corrected chi connectivity index (χ2v) is 5.25. The number of hydrogen-bond acceptors (Lipinski definition) is 3. The van der Waals surface area contributed by atoms with E-state index in [1.54, 1.807) is 11.8 Å². The zero-order chi connectivity index (χ0) is 11.7. The van der Waals surface area contributed by atoms with E-state index in [1.807, 2.05) is 0 Å². The Morgan fingerprint density at radius 3 is 2.88 bits per heavy atom. The minimum absolute atomic E-state index is 0.0900. The van der Waals surface area contributed by atoms with Gasteiger partial charge in [0.25, 0.3) is 0 Å². The van der Waals surface area contributed by atoms with Crippen LogP contribution < -0.4 is 5.32 Å². The lowest BCUT2D eigenvalue weighted by molar-refractivity contribution is -0.113. The molecule has 1 aliphatic heterocycles. The van der Waals surface area contributed by atoms with Gasteiger partial charge in [-0.2, -0.15) is 0 Å². The van der Waals surface area contributed by atoms with Crippen LogP contribution in [0.15, 0.2) is 23.1 Å². The monoisotopic (exact) mass is 236 g/mol. The summed E-state index contributed by atoms with van der Waals surface area (Å²) in [7, 11) is 4.11. The van der Waals surface area contributed by atoms with E-state index in [1.165, 1.54) is 5.56 Å². The number of hydrogen-bond donors (Lipinski definition) is 1. The number of nitrogens with one attached hydrogen (secondary N) is 1. The molecular weight excluding hydrogens is 220 g/mol. The molecular formula is C12H16N2OS. The lowest BCUT2D eigenvalue weighted by atomic mass is 10.1. The van der Waals surface area contributed by atoms with E-state index in [4.69, 9.17) is 0 Å². The number of thioether (sulfide) groups is 1. The van der Waals surface area contributed by atoms with Gasteiger partial charge in [-0.1, -0.05) is 6.07 Å². The summed E-state index contributed by atoms with van der Waals surface area (Å²) in [4.78, 5) is 14.6. The number of carbonyl (C=O) groups excluding carboxylic acids is 1. The highest BCUT2D eigenvalue weighted by molar-refractivity contribution is 8.00. The van der Waals surface area contributed by atoms with Crippen molar-refractivity contribution >= 4 is 23.4 Å². The van der Waals surface area contributed by atoms with Gasteiger partial charge in [-0.05, 0) is 38.7 Å². The van der Waals surface area contributed by atoms with Crippen molar-refractivity contribution in [2.75, 3.05) is 25.2 Å². The fraction of sp³-hybridized carbons (Fsp3) is 0.417. The normalized spacial score (nSPS) is 16.9. The molecule has 4 heteroatoms. The first kappa shape index (κ1) is 11.5. The van der Waals surface area contributed by atoms with Crippen LogP contribution in [0.25, 0.3) is 0 Å². The average Bonchev–Trinajstić information content (AvgIpc) is 2.26. The lowest BCUT2D eigenvalue weighted by Gasteiger charge is -2.23. The predicted molar refractivity (Wildman–Crippen MR) is 67.9 cm³/mol. The van der Waals surface area contributed by atoms with Crippen LogP contribution in [0, 0.1) is 0 Å². The fourth-order valence-electron chi connectivity index (χ4n) is 1.66. The summed E-state index contributed by atoms with van der Waals surface area (Å²) in [5.41, 5.74) is 2.18. The third kappa shape index (κ3) is 2.23. The molecule has 0 radical (unpaired) electrons. The number of fused-ring (bicyclic) bond motifs is 1. The molecule has 1 atom stereocenters. The largest absolute Gasteiger partial charge is 0.324 e. The topological polar surface area (TPSA) is 32.3 Å². The van der Waals surface area contributed by atoms with E-state index in [0.29, 0.717) is 11.8 Å². The molecule has 16 heavy (non-hydrogen) atoms. The maximum atomic E-state index is 11.3. The Morgan fingerprint density at radius 1 is 1.44 bits per heavy atom. The van der Waals surface area contributed by atoms with Gasteiger partial charge in [0.05, 0.1) is 11.4 Å². The van der Waals surface area contributed by atoms with Gasteiger partial charge in [-0.3, -0.25) is 4.79 Å². The highest BCUT2D eigenvalue weighted by Gasteiger charge is 2.17. The second-order valence-electron chi connectivity index (χ2n) is 4.23. The molecule has 1 aromatic carbocycles. The van der Waals surface area contributed by atoms with Crippen LogP contribution in [0.4, 0.5) is 5.69 Å². The summed E-state index contributed by atoms with van der Waals surface area (Å²) in [5.74, 6) is 0.613. The smallest absolute Gasteiger partial charge is 0.234 e. The summed E-state index contributed by atoms with van der Waals surface area (Å²) in [6.07, 6.45) is 0. The molecule has 1 N–H and O–H groups in total. The van der Waals surface area contributed by atoms with Crippen molar-refractivity contribution in [1.82, 2.24) is 4.90 Å². The number of anilines is 1. The molecule has 0 fully saturated rings. The van der Waals surface area contributed by atoms with Crippen molar-refractivity contribution in [1.29, 1.82) is 0 Å². The molecule has 0 saturated heterocycles. The van der Waals surface area contributed by atoms with Crippen LogP contribution in [0.1, 0.15) is 18.5 Å². The highest BCUT2D eigenvalue weighted by Crippen LogP contribution is 2.33. The number of rotatable bonds is 2. The molecule has 86 valence electrons. The van der Waals surface area contributed by atoms with Crippen LogP contribution in [0.5, 0.6) is 0 Å². The maximum Gasteiger partial charge on any atom is 0.234 e. The van der Waals surface area contributed by atoms with E-state index in [-0.39, 0.29) is 5.91 Å². The standard InChI is InChI=1S/C12H16N2OS/c1-8(14(2)3)9-4-5-11-10(6-9)13-12(15)7-16-11/h4-6,8H,7H2,1-3H3,(H,13,15). The molecule has 0 bridgehead atoms. The minimum atomic E-state index is 0.0900. The van der Waals surface area contributed by atoms with E-state index < -0.39 is 0 Å². The highest BCUT2D eigenvalue weighted by atomic mass is 32.2. The summed E-state index contributed by atoms with van der Waals surface area (Å²) < 4.78 is 0. The van der Waals surface area contributed by atoms with Crippen molar-refractivity contribution in [3.05, 3.63) is 23.8 Å². The van der Waals surface area contributed by atoms with Gasteiger partial charge in [-0.15, -0.1) is 11.8 Å². The second kappa shape index (κ2) is 4.47. The first-order chi connectivity index (χ1) is 7.58. The third-order valence-electron chi connectivity index (χ3n) is 2.89. The number of nitrogens with zero attached hydrogens (tertiary/aromatic N) is 1. The van der Waals surface area contributed by atoms with Gasteiger partial charge in [0.1, 0.15) is 0 Å². The summed E-state index contributed by atoms with van der Waals surface area (Å²) in [6.45, 7) is 2.15. The molecule has 0 aliphatic carbocycles. The van der Waals surface area contributed by atoms with Crippen molar-refractivity contribution in [2.24, 2.45) is 0 Å². The molecule has 0 saturated carbocycles. The molecule has 0 aromatic heterocycles. The van der Waals surface area contributed by atoms with Crippen LogP contribution in [0.3, 0.4) is 0 Å². The van der Waals surface area contributed by atoms with Gasteiger partial charge in [-0.25, -0.2) is 0 Å². The average molecular weight is 236 g/mol.